The maximum atomic E-state index is 12.4. The second kappa shape index (κ2) is 13.9. The maximum Gasteiger partial charge on any atom is 0.252 e. The highest BCUT2D eigenvalue weighted by atomic mass is 35.5. The Kier molecular flexibility index (Phi) is 12.2. The molecular formula is C20H32ClN3O2S. The number of benzene rings is 1. The van der Waals surface area contributed by atoms with Crippen molar-refractivity contribution in [2.75, 3.05) is 32.4 Å². The van der Waals surface area contributed by atoms with Gasteiger partial charge < -0.3 is 16.0 Å². The zero-order chi connectivity index (χ0) is 18.6. The van der Waals surface area contributed by atoms with Gasteiger partial charge in [0.05, 0.1) is 11.3 Å². The monoisotopic (exact) mass is 413 g/mol. The molecule has 152 valence electrons. The van der Waals surface area contributed by atoms with E-state index in [1.165, 1.54) is 43.9 Å². The summed E-state index contributed by atoms with van der Waals surface area (Å²) in [6.07, 6.45) is 7.24. The van der Waals surface area contributed by atoms with Gasteiger partial charge in [-0.1, -0.05) is 31.4 Å². The van der Waals surface area contributed by atoms with Crippen LogP contribution in [-0.2, 0) is 4.79 Å². The Morgan fingerprint density at radius 3 is 2.56 bits per heavy atom. The predicted octanol–water partition coefficient (Wildman–Crippen LogP) is 3.24. The first-order chi connectivity index (χ1) is 12.7. The molecule has 0 spiro atoms. The minimum absolute atomic E-state index is 0. The van der Waals surface area contributed by atoms with Crippen molar-refractivity contribution in [2.24, 2.45) is 5.92 Å². The molecule has 3 N–H and O–H groups in total. The lowest BCUT2D eigenvalue weighted by atomic mass is 9.89. The van der Waals surface area contributed by atoms with Crippen LogP contribution in [0.2, 0.25) is 0 Å². The molecule has 2 rings (SSSR count). The lowest BCUT2D eigenvalue weighted by molar-refractivity contribution is -0.118. The van der Waals surface area contributed by atoms with Gasteiger partial charge in [-0.25, -0.2) is 0 Å². The van der Waals surface area contributed by atoms with E-state index in [1.807, 2.05) is 31.3 Å². The largest absolute Gasteiger partial charge is 0.355 e. The van der Waals surface area contributed by atoms with E-state index in [0.29, 0.717) is 23.8 Å². The van der Waals surface area contributed by atoms with E-state index in [9.17, 15) is 9.59 Å². The summed E-state index contributed by atoms with van der Waals surface area (Å²) in [5, 5.41) is 9.05. The molecular weight excluding hydrogens is 382 g/mol. The van der Waals surface area contributed by atoms with Crippen molar-refractivity contribution in [1.82, 2.24) is 16.0 Å². The number of halogens is 1. The van der Waals surface area contributed by atoms with Gasteiger partial charge >= 0.3 is 0 Å². The summed E-state index contributed by atoms with van der Waals surface area (Å²) in [5.74, 6) is 0.946. The summed E-state index contributed by atoms with van der Waals surface area (Å²) in [7, 11) is 1.90. The third-order valence-electron chi connectivity index (χ3n) is 4.69. The highest BCUT2D eigenvalue weighted by Gasteiger charge is 2.15. The van der Waals surface area contributed by atoms with Gasteiger partial charge in [0.15, 0.2) is 0 Å². The molecule has 0 saturated heterocycles. The van der Waals surface area contributed by atoms with Crippen molar-refractivity contribution in [3.63, 3.8) is 0 Å². The number of carbonyl (C=O) groups excluding carboxylic acids is 2. The fourth-order valence-electron chi connectivity index (χ4n) is 3.19. The van der Waals surface area contributed by atoms with Crippen molar-refractivity contribution in [1.29, 1.82) is 0 Å². The summed E-state index contributed by atoms with van der Waals surface area (Å²) >= 11 is 1.43. The topological polar surface area (TPSA) is 70.2 Å². The Balaban J connectivity index is 0.00000364. The number of hydrogen-bond donors (Lipinski definition) is 3. The first-order valence-corrected chi connectivity index (χ1v) is 10.6. The maximum absolute atomic E-state index is 12.4. The fourth-order valence-corrected chi connectivity index (χ4v) is 4.07. The van der Waals surface area contributed by atoms with Gasteiger partial charge in [0.25, 0.3) is 5.91 Å². The molecule has 1 aliphatic carbocycles. The van der Waals surface area contributed by atoms with Gasteiger partial charge in [0.2, 0.25) is 5.91 Å². The number of hydrogen-bond acceptors (Lipinski definition) is 4. The first-order valence-electron chi connectivity index (χ1n) is 9.62. The Morgan fingerprint density at radius 1 is 1.07 bits per heavy atom. The molecule has 2 amide bonds. The quantitative estimate of drug-likeness (QED) is 0.407. The molecule has 27 heavy (non-hydrogen) atoms. The van der Waals surface area contributed by atoms with E-state index in [4.69, 9.17) is 0 Å². The molecule has 0 heterocycles. The third-order valence-corrected chi connectivity index (χ3v) is 5.77. The van der Waals surface area contributed by atoms with Crippen LogP contribution < -0.4 is 16.0 Å². The average molecular weight is 414 g/mol. The van der Waals surface area contributed by atoms with Crippen LogP contribution >= 0.6 is 24.2 Å². The summed E-state index contributed by atoms with van der Waals surface area (Å²) in [6, 6.07) is 7.48. The second-order valence-corrected chi connectivity index (χ2v) is 7.82. The standard InChI is InChI=1S/C20H31N3O2S.ClH/c1-21-12-7-13-22-20(25)17-10-5-6-11-18(17)26-15-19(24)23-14-16-8-3-2-4-9-16;/h5-6,10-11,16,21H,2-4,7-9,12-15H2,1H3,(H,22,25)(H,23,24);1H. The lowest BCUT2D eigenvalue weighted by Crippen LogP contribution is -2.31. The molecule has 5 nitrogen and oxygen atoms in total. The van der Waals surface area contributed by atoms with Crippen LogP contribution in [0.25, 0.3) is 0 Å². The van der Waals surface area contributed by atoms with E-state index in [0.717, 1.165) is 24.4 Å². The van der Waals surface area contributed by atoms with E-state index in [2.05, 4.69) is 16.0 Å². The highest BCUT2D eigenvalue weighted by molar-refractivity contribution is 8.00. The number of rotatable bonds is 10. The molecule has 7 heteroatoms. The van der Waals surface area contributed by atoms with Crippen LogP contribution in [0, 0.1) is 5.92 Å². The van der Waals surface area contributed by atoms with Crippen LogP contribution in [0.3, 0.4) is 0 Å². The number of carbonyl (C=O) groups is 2. The second-order valence-electron chi connectivity index (χ2n) is 6.81. The SMILES string of the molecule is CNCCCNC(=O)c1ccccc1SCC(=O)NCC1CCCCC1.Cl. The molecule has 0 bridgehead atoms. The Hall–Kier alpha value is -1.24. The molecule has 0 aromatic heterocycles. The molecule has 1 aromatic carbocycles. The molecule has 0 aliphatic heterocycles. The predicted molar refractivity (Wildman–Crippen MR) is 115 cm³/mol. The van der Waals surface area contributed by atoms with Gasteiger partial charge in [-0.3, -0.25) is 9.59 Å². The summed E-state index contributed by atoms with van der Waals surface area (Å²) in [4.78, 5) is 25.4. The average Bonchev–Trinajstić information content (AvgIpc) is 2.69. The van der Waals surface area contributed by atoms with Crippen LogP contribution in [0.1, 0.15) is 48.9 Å². The summed E-state index contributed by atoms with van der Waals surface area (Å²) < 4.78 is 0. The Bertz CT molecular complexity index is 580. The van der Waals surface area contributed by atoms with E-state index in [-0.39, 0.29) is 24.2 Å². The lowest BCUT2D eigenvalue weighted by Gasteiger charge is -2.21. The van der Waals surface area contributed by atoms with Gasteiger partial charge in [0.1, 0.15) is 0 Å². The van der Waals surface area contributed by atoms with Crippen LogP contribution in [0.4, 0.5) is 0 Å². The number of thioether (sulfide) groups is 1. The highest BCUT2D eigenvalue weighted by Crippen LogP contribution is 2.24. The Morgan fingerprint density at radius 2 is 1.81 bits per heavy atom. The van der Waals surface area contributed by atoms with Gasteiger partial charge in [0, 0.05) is 18.0 Å². The zero-order valence-corrected chi connectivity index (χ0v) is 17.7. The van der Waals surface area contributed by atoms with Gasteiger partial charge in [-0.05, 0) is 50.9 Å². The molecule has 1 aliphatic rings. The molecule has 1 fully saturated rings. The molecule has 1 saturated carbocycles. The molecule has 0 radical (unpaired) electrons. The van der Waals surface area contributed by atoms with Crippen LogP contribution in [0.15, 0.2) is 29.2 Å². The minimum atomic E-state index is -0.0770. The first kappa shape index (κ1) is 23.8. The van der Waals surface area contributed by atoms with Crippen molar-refractivity contribution >= 4 is 36.0 Å². The van der Waals surface area contributed by atoms with Crippen molar-refractivity contribution in [2.45, 2.75) is 43.4 Å². The molecule has 1 aromatic rings. The minimum Gasteiger partial charge on any atom is -0.355 e. The van der Waals surface area contributed by atoms with Gasteiger partial charge in [-0.15, -0.1) is 24.2 Å². The van der Waals surface area contributed by atoms with Crippen molar-refractivity contribution in [3.8, 4) is 0 Å². The van der Waals surface area contributed by atoms with Gasteiger partial charge in [-0.2, -0.15) is 0 Å². The molecule has 0 atom stereocenters. The van der Waals surface area contributed by atoms with E-state index in [1.54, 1.807) is 0 Å². The van der Waals surface area contributed by atoms with E-state index < -0.39 is 0 Å². The smallest absolute Gasteiger partial charge is 0.252 e. The van der Waals surface area contributed by atoms with Crippen molar-refractivity contribution < 1.29 is 9.59 Å². The third kappa shape index (κ3) is 9.00. The normalized spacial score (nSPS) is 14.3. The summed E-state index contributed by atoms with van der Waals surface area (Å²) in [5.41, 5.74) is 0.641. The molecule has 0 unspecified atom stereocenters. The fraction of sp³-hybridized carbons (Fsp3) is 0.600. The zero-order valence-electron chi connectivity index (χ0n) is 16.1. The van der Waals surface area contributed by atoms with Crippen molar-refractivity contribution in [3.05, 3.63) is 29.8 Å². The Labute approximate surface area is 173 Å². The van der Waals surface area contributed by atoms with Crippen LogP contribution in [-0.4, -0.2) is 44.2 Å². The van der Waals surface area contributed by atoms with Crippen LogP contribution in [0.5, 0.6) is 0 Å². The summed E-state index contributed by atoms with van der Waals surface area (Å²) in [6.45, 7) is 2.30. The number of nitrogens with one attached hydrogen (secondary N) is 3. The van der Waals surface area contributed by atoms with E-state index >= 15 is 0 Å². The number of amides is 2.